The highest BCUT2D eigenvalue weighted by molar-refractivity contribution is 7.89. The van der Waals surface area contributed by atoms with Crippen LogP contribution < -0.4 is 4.74 Å². The van der Waals surface area contributed by atoms with Gasteiger partial charge in [0.15, 0.2) is 5.65 Å². The van der Waals surface area contributed by atoms with Gasteiger partial charge >= 0.3 is 0 Å². The average Bonchev–Trinajstić information content (AvgIpc) is 3.23. The summed E-state index contributed by atoms with van der Waals surface area (Å²) >= 11 is 0. The number of aryl methyl sites for hydroxylation is 1. The lowest BCUT2D eigenvalue weighted by Gasteiger charge is -2.28. The van der Waals surface area contributed by atoms with Crippen LogP contribution in [0.2, 0.25) is 0 Å². The van der Waals surface area contributed by atoms with Gasteiger partial charge in [-0.05, 0) is 29.8 Å². The van der Waals surface area contributed by atoms with Gasteiger partial charge < -0.3 is 4.74 Å². The van der Waals surface area contributed by atoms with Gasteiger partial charge in [0.2, 0.25) is 10.0 Å². The summed E-state index contributed by atoms with van der Waals surface area (Å²) < 4.78 is 35.1. The van der Waals surface area contributed by atoms with E-state index in [1.165, 1.54) is 11.4 Å². The Morgan fingerprint density at radius 2 is 1.94 bits per heavy atom. The highest BCUT2D eigenvalue weighted by Gasteiger charge is 2.31. The molecule has 0 aliphatic carbocycles. The molecule has 31 heavy (non-hydrogen) atoms. The molecule has 0 fully saturated rings. The van der Waals surface area contributed by atoms with Crippen molar-refractivity contribution in [2.45, 2.75) is 17.9 Å². The summed E-state index contributed by atoms with van der Waals surface area (Å²) in [6.07, 6.45) is 6.04. The fourth-order valence-corrected chi connectivity index (χ4v) is 5.48. The van der Waals surface area contributed by atoms with Crippen LogP contribution in [0.25, 0.3) is 22.2 Å². The van der Waals surface area contributed by atoms with Gasteiger partial charge in [0.1, 0.15) is 10.6 Å². The minimum atomic E-state index is -3.70. The van der Waals surface area contributed by atoms with Crippen molar-refractivity contribution >= 4 is 21.1 Å². The quantitative estimate of drug-likeness (QED) is 0.490. The molecule has 8 nitrogen and oxygen atoms in total. The third-order valence-electron chi connectivity index (χ3n) is 5.51. The predicted molar refractivity (Wildman–Crippen MR) is 116 cm³/mol. The summed E-state index contributed by atoms with van der Waals surface area (Å²) in [6, 6.07) is 10.7. The standard InChI is InChI=1S/C22H21N5O3S/c1-26-13-18(12-24-26)16-9-15-10-17-14-27(8-7-19(17)25-22(15)23-11-16)31(28,29)21-6-4-3-5-20(21)30-2/h3-6,9-13H,7-8,14H2,1-2H3. The van der Waals surface area contributed by atoms with Crippen LogP contribution in [-0.2, 0) is 30.0 Å². The number of methoxy groups -OCH3 is 1. The second kappa shape index (κ2) is 7.44. The molecule has 9 heteroatoms. The number of fused-ring (bicyclic) bond motifs is 2. The van der Waals surface area contributed by atoms with Crippen LogP contribution in [0.15, 0.2) is 59.9 Å². The Morgan fingerprint density at radius 1 is 1.10 bits per heavy atom. The molecule has 0 saturated heterocycles. The van der Waals surface area contributed by atoms with E-state index in [0.717, 1.165) is 27.8 Å². The third-order valence-corrected chi connectivity index (χ3v) is 7.39. The molecule has 0 unspecified atom stereocenters. The summed E-state index contributed by atoms with van der Waals surface area (Å²) in [4.78, 5) is 9.39. The van der Waals surface area contributed by atoms with Gasteiger partial charge in [-0.25, -0.2) is 18.4 Å². The lowest BCUT2D eigenvalue weighted by Crippen LogP contribution is -2.36. The molecule has 4 aromatic rings. The number of hydrogen-bond acceptors (Lipinski definition) is 6. The molecule has 0 amide bonds. The summed E-state index contributed by atoms with van der Waals surface area (Å²) in [5.74, 6) is 0.343. The molecule has 1 aliphatic heterocycles. The van der Waals surface area contributed by atoms with Crippen molar-refractivity contribution in [2.75, 3.05) is 13.7 Å². The number of pyridine rings is 2. The summed E-state index contributed by atoms with van der Waals surface area (Å²) in [5, 5.41) is 5.08. The van der Waals surface area contributed by atoms with Crippen LogP contribution >= 0.6 is 0 Å². The molecule has 158 valence electrons. The molecule has 1 aromatic carbocycles. The highest BCUT2D eigenvalue weighted by atomic mass is 32.2. The Kier molecular flexibility index (Phi) is 4.71. The van der Waals surface area contributed by atoms with Crippen molar-refractivity contribution < 1.29 is 13.2 Å². The molecule has 4 heterocycles. The second-order valence-corrected chi connectivity index (χ2v) is 9.41. The molecular formula is C22H21N5O3S. The van der Waals surface area contributed by atoms with Gasteiger partial charge in [-0.1, -0.05) is 12.1 Å². The smallest absolute Gasteiger partial charge is 0.247 e. The van der Waals surface area contributed by atoms with E-state index >= 15 is 0 Å². The molecule has 0 N–H and O–H groups in total. The first-order valence-corrected chi connectivity index (χ1v) is 11.3. The molecular weight excluding hydrogens is 414 g/mol. The van der Waals surface area contributed by atoms with Gasteiger partial charge in [-0.15, -0.1) is 0 Å². The summed E-state index contributed by atoms with van der Waals surface area (Å²) in [5.41, 5.74) is 4.35. The van der Waals surface area contributed by atoms with Gasteiger partial charge in [-0.2, -0.15) is 9.40 Å². The zero-order valence-electron chi connectivity index (χ0n) is 17.2. The predicted octanol–water partition coefficient (Wildman–Crippen LogP) is 2.79. The Balaban J connectivity index is 1.52. The van der Waals surface area contributed by atoms with Gasteiger partial charge in [0.05, 0.1) is 13.3 Å². The molecule has 0 bridgehead atoms. The molecule has 0 atom stereocenters. The fraction of sp³-hybridized carbons (Fsp3) is 0.227. The normalized spacial score (nSPS) is 14.5. The topological polar surface area (TPSA) is 90.2 Å². The number of sulfonamides is 1. The maximum Gasteiger partial charge on any atom is 0.247 e. The second-order valence-electron chi connectivity index (χ2n) is 7.51. The lowest BCUT2D eigenvalue weighted by molar-refractivity contribution is 0.376. The zero-order valence-corrected chi connectivity index (χ0v) is 18.0. The van der Waals surface area contributed by atoms with Crippen molar-refractivity contribution in [3.8, 4) is 16.9 Å². The minimum Gasteiger partial charge on any atom is -0.495 e. The number of nitrogens with zero attached hydrogens (tertiary/aromatic N) is 5. The van der Waals surface area contributed by atoms with Crippen LogP contribution in [0.4, 0.5) is 0 Å². The van der Waals surface area contributed by atoms with E-state index in [0.29, 0.717) is 24.4 Å². The van der Waals surface area contributed by atoms with Gasteiger partial charge in [0.25, 0.3) is 0 Å². The van der Waals surface area contributed by atoms with Crippen LogP contribution in [0.5, 0.6) is 5.75 Å². The van der Waals surface area contributed by atoms with Crippen molar-refractivity contribution in [1.82, 2.24) is 24.1 Å². The highest BCUT2D eigenvalue weighted by Crippen LogP contribution is 2.31. The lowest BCUT2D eigenvalue weighted by atomic mass is 10.0. The van der Waals surface area contributed by atoms with Crippen molar-refractivity contribution in [1.29, 1.82) is 0 Å². The van der Waals surface area contributed by atoms with E-state index in [1.807, 2.05) is 25.4 Å². The number of rotatable bonds is 4. The Bertz CT molecular complexity index is 1400. The molecule has 0 saturated carbocycles. The average molecular weight is 436 g/mol. The van der Waals surface area contributed by atoms with E-state index in [-0.39, 0.29) is 11.4 Å². The Labute approximate surface area is 180 Å². The maximum absolute atomic E-state index is 13.3. The van der Waals surface area contributed by atoms with E-state index in [9.17, 15) is 8.42 Å². The zero-order chi connectivity index (χ0) is 21.6. The molecule has 0 radical (unpaired) electrons. The van der Waals surface area contributed by atoms with Crippen LogP contribution in [0.1, 0.15) is 11.3 Å². The first-order valence-electron chi connectivity index (χ1n) is 9.86. The SMILES string of the molecule is COc1ccccc1S(=O)(=O)N1CCc2nc3ncc(-c4cnn(C)c4)cc3cc2C1. The van der Waals surface area contributed by atoms with E-state index < -0.39 is 10.0 Å². The maximum atomic E-state index is 13.3. The number of hydrogen-bond donors (Lipinski definition) is 0. The van der Waals surface area contributed by atoms with Crippen LogP contribution in [0.3, 0.4) is 0 Å². The first-order chi connectivity index (χ1) is 15.0. The number of benzene rings is 1. The largest absolute Gasteiger partial charge is 0.495 e. The Hall–Kier alpha value is -3.30. The van der Waals surface area contributed by atoms with Crippen LogP contribution in [-0.4, -0.2) is 46.1 Å². The number of aromatic nitrogens is 4. The number of ether oxygens (including phenoxy) is 1. The monoisotopic (exact) mass is 435 g/mol. The van der Waals surface area contributed by atoms with Gasteiger partial charge in [-0.3, -0.25) is 4.68 Å². The van der Waals surface area contributed by atoms with Crippen molar-refractivity contribution in [3.05, 3.63) is 66.2 Å². The summed E-state index contributed by atoms with van der Waals surface area (Å²) in [7, 11) is -0.353. The fourth-order valence-electron chi connectivity index (χ4n) is 3.90. The van der Waals surface area contributed by atoms with E-state index in [1.54, 1.807) is 41.3 Å². The van der Waals surface area contributed by atoms with Crippen LogP contribution in [0, 0.1) is 0 Å². The molecule has 0 spiro atoms. The first kappa shape index (κ1) is 19.7. The Morgan fingerprint density at radius 3 is 2.71 bits per heavy atom. The van der Waals surface area contributed by atoms with Crippen molar-refractivity contribution in [2.24, 2.45) is 7.05 Å². The summed E-state index contributed by atoms with van der Waals surface area (Å²) in [6.45, 7) is 0.620. The van der Waals surface area contributed by atoms with E-state index in [4.69, 9.17) is 9.72 Å². The van der Waals surface area contributed by atoms with E-state index in [2.05, 4.69) is 10.1 Å². The molecule has 1 aliphatic rings. The minimum absolute atomic E-state index is 0.176. The number of para-hydroxylation sites is 1. The van der Waals surface area contributed by atoms with Gasteiger partial charge in [0, 0.05) is 61.2 Å². The third kappa shape index (κ3) is 3.45. The molecule has 3 aromatic heterocycles. The molecule has 5 rings (SSSR count). The van der Waals surface area contributed by atoms with Crippen molar-refractivity contribution in [3.63, 3.8) is 0 Å².